The molecule has 2 aliphatic carbocycles. The number of carbonyl (C=O) groups excluding carboxylic acids is 1. The SMILES string of the molecule is NC1([C@H]2CC[C@H](C=O)CC2)CC1. The molecule has 0 aromatic rings. The van der Waals surface area contributed by atoms with Crippen molar-refractivity contribution < 1.29 is 4.79 Å². The van der Waals surface area contributed by atoms with Gasteiger partial charge >= 0.3 is 0 Å². The van der Waals surface area contributed by atoms with Gasteiger partial charge in [0, 0.05) is 11.5 Å². The average Bonchev–Trinajstić information content (AvgIpc) is 2.85. The lowest BCUT2D eigenvalue weighted by atomic mass is 9.78. The first-order valence-electron chi connectivity index (χ1n) is 4.99. The highest BCUT2D eigenvalue weighted by molar-refractivity contribution is 5.53. The molecular formula is C10H17NO. The highest BCUT2D eigenvalue weighted by Gasteiger charge is 2.46. The Morgan fingerprint density at radius 3 is 2.17 bits per heavy atom. The van der Waals surface area contributed by atoms with Gasteiger partial charge in [-0.2, -0.15) is 0 Å². The van der Waals surface area contributed by atoms with Crippen molar-refractivity contribution in [1.29, 1.82) is 0 Å². The quantitative estimate of drug-likeness (QED) is 0.633. The van der Waals surface area contributed by atoms with Crippen molar-refractivity contribution in [2.45, 2.75) is 44.1 Å². The van der Waals surface area contributed by atoms with Crippen LogP contribution >= 0.6 is 0 Å². The van der Waals surface area contributed by atoms with Crippen LogP contribution in [0.25, 0.3) is 0 Å². The van der Waals surface area contributed by atoms with Gasteiger partial charge in [0.15, 0.2) is 0 Å². The third-order valence-corrected chi connectivity index (χ3v) is 3.60. The fourth-order valence-corrected chi connectivity index (χ4v) is 2.38. The fourth-order valence-electron chi connectivity index (χ4n) is 2.38. The van der Waals surface area contributed by atoms with Crippen LogP contribution in [0, 0.1) is 11.8 Å². The molecular weight excluding hydrogens is 150 g/mol. The number of carbonyl (C=O) groups is 1. The van der Waals surface area contributed by atoms with Crippen LogP contribution in [0.3, 0.4) is 0 Å². The zero-order chi connectivity index (χ0) is 8.60. The van der Waals surface area contributed by atoms with Gasteiger partial charge in [-0.25, -0.2) is 0 Å². The first-order valence-corrected chi connectivity index (χ1v) is 4.99. The fraction of sp³-hybridized carbons (Fsp3) is 0.900. The lowest BCUT2D eigenvalue weighted by molar-refractivity contribution is -0.112. The van der Waals surface area contributed by atoms with E-state index in [0.717, 1.165) is 19.1 Å². The van der Waals surface area contributed by atoms with Crippen LogP contribution < -0.4 is 5.73 Å². The molecule has 0 aromatic heterocycles. The normalized spacial score (nSPS) is 39.1. The van der Waals surface area contributed by atoms with Gasteiger partial charge in [0.1, 0.15) is 6.29 Å². The Morgan fingerprint density at radius 2 is 1.75 bits per heavy atom. The van der Waals surface area contributed by atoms with Crippen molar-refractivity contribution in [1.82, 2.24) is 0 Å². The van der Waals surface area contributed by atoms with E-state index in [1.165, 1.54) is 25.7 Å². The van der Waals surface area contributed by atoms with E-state index in [2.05, 4.69) is 0 Å². The van der Waals surface area contributed by atoms with Crippen LogP contribution in [0.2, 0.25) is 0 Å². The number of aldehydes is 1. The molecule has 0 bridgehead atoms. The van der Waals surface area contributed by atoms with E-state index < -0.39 is 0 Å². The molecule has 0 spiro atoms. The summed E-state index contributed by atoms with van der Waals surface area (Å²) in [5.74, 6) is 1.05. The summed E-state index contributed by atoms with van der Waals surface area (Å²) in [5, 5.41) is 0. The van der Waals surface area contributed by atoms with Gasteiger partial charge in [-0.15, -0.1) is 0 Å². The van der Waals surface area contributed by atoms with Gasteiger partial charge in [0.2, 0.25) is 0 Å². The summed E-state index contributed by atoms with van der Waals surface area (Å²) in [5.41, 5.74) is 6.31. The number of nitrogens with two attached hydrogens (primary N) is 1. The zero-order valence-corrected chi connectivity index (χ0v) is 7.46. The van der Waals surface area contributed by atoms with E-state index in [4.69, 9.17) is 5.73 Å². The summed E-state index contributed by atoms with van der Waals surface area (Å²) in [4.78, 5) is 10.5. The first-order chi connectivity index (χ1) is 5.74. The van der Waals surface area contributed by atoms with Crippen LogP contribution in [0.1, 0.15) is 38.5 Å². The third-order valence-electron chi connectivity index (χ3n) is 3.60. The zero-order valence-electron chi connectivity index (χ0n) is 7.46. The van der Waals surface area contributed by atoms with Gasteiger partial charge in [0.25, 0.3) is 0 Å². The maximum absolute atomic E-state index is 10.5. The maximum atomic E-state index is 10.5. The van der Waals surface area contributed by atoms with Gasteiger partial charge in [0.05, 0.1) is 0 Å². The Balaban J connectivity index is 1.86. The molecule has 0 unspecified atom stereocenters. The van der Waals surface area contributed by atoms with E-state index >= 15 is 0 Å². The summed E-state index contributed by atoms with van der Waals surface area (Å²) in [6.07, 6.45) is 8.05. The summed E-state index contributed by atoms with van der Waals surface area (Å²) in [6.45, 7) is 0. The van der Waals surface area contributed by atoms with Crippen molar-refractivity contribution >= 4 is 6.29 Å². The van der Waals surface area contributed by atoms with E-state index in [0.29, 0.717) is 11.8 Å². The smallest absolute Gasteiger partial charge is 0.123 e. The standard InChI is InChI=1S/C10H17NO/c11-10(5-6-10)9-3-1-8(7-12)2-4-9/h7-9H,1-6,11H2/t8-,9-. The Kier molecular flexibility index (Phi) is 1.95. The summed E-state index contributed by atoms with van der Waals surface area (Å²) >= 11 is 0. The van der Waals surface area contributed by atoms with Gasteiger partial charge in [-0.05, 0) is 44.4 Å². The van der Waals surface area contributed by atoms with Gasteiger partial charge < -0.3 is 10.5 Å². The van der Waals surface area contributed by atoms with Crippen LogP contribution in [-0.2, 0) is 4.79 Å². The summed E-state index contributed by atoms with van der Waals surface area (Å²) < 4.78 is 0. The predicted molar refractivity (Wildman–Crippen MR) is 47.7 cm³/mol. The molecule has 0 radical (unpaired) electrons. The predicted octanol–water partition coefficient (Wildman–Crippen LogP) is 1.48. The minimum atomic E-state index is 0.188. The lowest BCUT2D eigenvalue weighted by Gasteiger charge is -2.29. The second-order valence-electron chi connectivity index (χ2n) is 4.48. The van der Waals surface area contributed by atoms with E-state index in [1.807, 2.05) is 0 Å². The average molecular weight is 167 g/mol. The van der Waals surface area contributed by atoms with Gasteiger partial charge in [-0.1, -0.05) is 0 Å². The minimum Gasteiger partial charge on any atom is -0.325 e. The minimum absolute atomic E-state index is 0.188. The Bertz CT molecular complexity index is 178. The molecule has 0 saturated heterocycles. The highest BCUT2D eigenvalue weighted by Crippen LogP contribution is 2.46. The Labute approximate surface area is 73.5 Å². The molecule has 2 N–H and O–H groups in total. The van der Waals surface area contributed by atoms with Crippen LogP contribution in [-0.4, -0.2) is 11.8 Å². The van der Waals surface area contributed by atoms with Crippen molar-refractivity contribution in [3.05, 3.63) is 0 Å². The van der Waals surface area contributed by atoms with Crippen molar-refractivity contribution in [3.8, 4) is 0 Å². The maximum Gasteiger partial charge on any atom is 0.123 e. The van der Waals surface area contributed by atoms with Crippen molar-refractivity contribution in [3.63, 3.8) is 0 Å². The molecule has 12 heavy (non-hydrogen) atoms. The highest BCUT2D eigenvalue weighted by atomic mass is 16.1. The van der Waals surface area contributed by atoms with Crippen molar-refractivity contribution in [2.75, 3.05) is 0 Å². The topological polar surface area (TPSA) is 43.1 Å². The first kappa shape index (κ1) is 8.24. The molecule has 2 aliphatic rings. The molecule has 0 aromatic carbocycles. The third kappa shape index (κ3) is 1.40. The molecule has 0 heterocycles. The van der Waals surface area contributed by atoms with E-state index in [9.17, 15) is 4.79 Å². The van der Waals surface area contributed by atoms with Crippen LogP contribution in [0.4, 0.5) is 0 Å². The molecule has 2 saturated carbocycles. The molecule has 0 aliphatic heterocycles. The monoisotopic (exact) mass is 167 g/mol. The second-order valence-corrected chi connectivity index (χ2v) is 4.48. The number of hydrogen-bond acceptors (Lipinski definition) is 2. The van der Waals surface area contributed by atoms with E-state index in [-0.39, 0.29) is 5.54 Å². The van der Waals surface area contributed by atoms with E-state index in [1.54, 1.807) is 0 Å². The molecule has 2 rings (SSSR count). The largest absolute Gasteiger partial charge is 0.325 e. The number of hydrogen-bond donors (Lipinski definition) is 1. The van der Waals surface area contributed by atoms with Crippen molar-refractivity contribution in [2.24, 2.45) is 17.6 Å². The van der Waals surface area contributed by atoms with Gasteiger partial charge in [-0.3, -0.25) is 0 Å². The molecule has 2 heteroatoms. The van der Waals surface area contributed by atoms with Crippen LogP contribution in [0.15, 0.2) is 0 Å². The van der Waals surface area contributed by atoms with Crippen LogP contribution in [0.5, 0.6) is 0 Å². The molecule has 0 amide bonds. The summed E-state index contributed by atoms with van der Waals surface area (Å²) in [6, 6.07) is 0. The Hall–Kier alpha value is -0.370. The molecule has 0 atom stereocenters. The molecule has 2 nitrogen and oxygen atoms in total. The summed E-state index contributed by atoms with van der Waals surface area (Å²) in [7, 11) is 0. The molecule has 68 valence electrons. The second kappa shape index (κ2) is 2.84. The molecule has 2 fully saturated rings. The Morgan fingerprint density at radius 1 is 1.17 bits per heavy atom. The lowest BCUT2D eigenvalue weighted by Crippen LogP contribution is -2.35. The number of rotatable bonds is 2.